The van der Waals surface area contributed by atoms with E-state index in [1.807, 2.05) is 30.3 Å². The fourth-order valence-corrected chi connectivity index (χ4v) is 1.84. The van der Waals surface area contributed by atoms with Crippen molar-refractivity contribution in [3.63, 3.8) is 0 Å². The van der Waals surface area contributed by atoms with Crippen LogP contribution < -0.4 is 0 Å². The summed E-state index contributed by atoms with van der Waals surface area (Å²) in [6.45, 7) is 1.98. The summed E-state index contributed by atoms with van der Waals surface area (Å²) in [6, 6.07) is 9.50. The van der Waals surface area contributed by atoms with E-state index in [1.54, 1.807) is 19.3 Å². The molecule has 0 aliphatic heterocycles. The molecule has 0 saturated heterocycles. The van der Waals surface area contributed by atoms with Gasteiger partial charge < -0.3 is 4.74 Å². The van der Waals surface area contributed by atoms with Crippen LogP contribution in [0, 0.1) is 11.3 Å². The standard InChI is InChI=1S/C14H12N2O2/c1-2-18-14(17)12(7-15)13-9-16-8-10-5-3-4-6-11(10)13/h3-6,8-9,12H,2H2,1H3/t12-/m0/s1. The molecule has 0 spiro atoms. The molecule has 0 aliphatic rings. The van der Waals surface area contributed by atoms with Crippen LogP contribution in [-0.2, 0) is 9.53 Å². The van der Waals surface area contributed by atoms with Gasteiger partial charge in [0, 0.05) is 23.3 Å². The largest absolute Gasteiger partial charge is 0.465 e. The Morgan fingerprint density at radius 1 is 1.44 bits per heavy atom. The van der Waals surface area contributed by atoms with Gasteiger partial charge in [-0.05, 0) is 12.3 Å². The highest BCUT2D eigenvalue weighted by atomic mass is 16.5. The topological polar surface area (TPSA) is 63.0 Å². The maximum absolute atomic E-state index is 11.7. The van der Waals surface area contributed by atoms with Gasteiger partial charge in [-0.3, -0.25) is 9.78 Å². The van der Waals surface area contributed by atoms with Gasteiger partial charge in [0.05, 0.1) is 12.7 Å². The van der Waals surface area contributed by atoms with Gasteiger partial charge >= 0.3 is 5.97 Å². The molecule has 1 heterocycles. The molecule has 1 atom stereocenters. The third kappa shape index (κ3) is 2.16. The van der Waals surface area contributed by atoms with Gasteiger partial charge in [-0.25, -0.2) is 0 Å². The van der Waals surface area contributed by atoms with Crippen molar-refractivity contribution in [2.24, 2.45) is 0 Å². The van der Waals surface area contributed by atoms with Gasteiger partial charge in [-0.2, -0.15) is 5.26 Å². The molecule has 2 aromatic rings. The van der Waals surface area contributed by atoms with Crippen LogP contribution in [0.1, 0.15) is 18.4 Å². The minimum Gasteiger partial charge on any atom is -0.465 e. The van der Waals surface area contributed by atoms with Crippen LogP contribution in [0.5, 0.6) is 0 Å². The second-order valence-corrected chi connectivity index (χ2v) is 3.76. The average Bonchev–Trinajstić information content (AvgIpc) is 2.40. The molecule has 0 radical (unpaired) electrons. The summed E-state index contributed by atoms with van der Waals surface area (Å²) in [5.74, 6) is -1.46. The predicted molar refractivity (Wildman–Crippen MR) is 66.7 cm³/mol. The maximum Gasteiger partial charge on any atom is 0.327 e. The number of esters is 1. The molecule has 4 nitrogen and oxygen atoms in total. The molecule has 90 valence electrons. The Morgan fingerprint density at radius 3 is 2.94 bits per heavy atom. The number of ether oxygens (including phenoxy) is 1. The van der Waals surface area contributed by atoms with Crippen LogP contribution >= 0.6 is 0 Å². The molecule has 0 aliphatic carbocycles. The fraction of sp³-hybridized carbons (Fsp3) is 0.214. The highest BCUT2D eigenvalue weighted by Gasteiger charge is 2.23. The summed E-state index contributed by atoms with van der Waals surface area (Å²) in [6.07, 6.45) is 3.26. The van der Waals surface area contributed by atoms with Crippen LogP contribution in [0.3, 0.4) is 0 Å². The van der Waals surface area contributed by atoms with E-state index in [2.05, 4.69) is 4.98 Å². The first-order valence-electron chi connectivity index (χ1n) is 5.66. The quantitative estimate of drug-likeness (QED) is 0.773. The van der Waals surface area contributed by atoms with Crippen LogP contribution in [-0.4, -0.2) is 17.6 Å². The molecular formula is C14H12N2O2. The summed E-state index contributed by atoms with van der Waals surface area (Å²) in [7, 11) is 0. The van der Waals surface area contributed by atoms with Crippen molar-refractivity contribution in [1.29, 1.82) is 5.26 Å². The summed E-state index contributed by atoms with van der Waals surface area (Å²) < 4.78 is 4.91. The van der Waals surface area contributed by atoms with Crippen molar-refractivity contribution in [2.75, 3.05) is 6.61 Å². The number of nitriles is 1. The minimum atomic E-state index is -0.927. The number of benzene rings is 1. The smallest absolute Gasteiger partial charge is 0.327 e. The number of aromatic nitrogens is 1. The third-order valence-electron chi connectivity index (χ3n) is 2.66. The van der Waals surface area contributed by atoms with E-state index in [0.29, 0.717) is 5.56 Å². The fourth-order valence-electron chi connectivity index (χ4n) is 1.84. The van der Waals surface area contributed by atoms with E-state index in [-0.39, 0.29) is 6.61 Å². The summed E-state index contributed by atoms with van der Waals surface area (Å²) in [5, 5.41) is 10.9. The van der Waals surface area contributed by atoms with E-state index < -0.39 is 11.9 Å². The molecule has 18 heavy (non-hydrogen) atoms. The molecule has 0 saturated carbocycles. The first kappa shape index (κ1) is 12.1. The van der Waals surface area contributed by atoms with Gasteiger partial charge in [-0.15, -0.1) is 0 Å². The highest BCUT2D eigenvalue weighted by Crippen LogP contribution is 2.25. The van der Waals surface area contributed by atoms with E-state index in [9.17, 15) is 4.79 Å². The summed E-state index contributed by atoms with van der Waals surface area (Å²) in [4.78, 5) is 15.8. The Bertz CT molecular complexity index is 611. The average molecular weight is 240 g/mol. The van der Waals surface area contributed by atoms with Crippen molar-refractivity contribution in [1.82, 2.24) is 4.98 Å². The predicted octanol–water partition coefficient (Wildman–Crippen LogP) is 2.41. The van der Waals surface area contributed by atoms with Crippen molar-refractivity contribution in [3.8, 4) is 6.07 Å². The van der Waals surface area contributed by atoms with Crippen molar-refractivity contribution >= 4 is 16.7 Å². The van der Waals surface area contributed by atoms with Gasteiger partial charge in [0.15, 0.2) is 5.92 Å². The number of pyridine rings is 1. The van der Waals surface area contributed by atoms with Crippen molar-refractivity contribution < 1.29 is 9.53 Å². The first-order chi connectivity index (χ1) is 8.77. The number of hydrogen-bond donors (Lipinski definition) is 0. The number of carbonyl (C=O) groups excluding carboxylic acids is 1. The van der Waals surface area contributed by atoms with Crippen LogP contribution in [0.2, 0.25) is 0 Å². The molecule has 0 N–H and O–H groups in total. The van der Waals surface area contributed by atoms with Gasteiger partial charge in [0.2, 0.25) is 0 Å². The van der Waals surface area contributed by atoms with E-state index in [1.165, 1.54) is 0 Å². The molecule has 0 bridgehead atoms. The molecule has 2 rings (SSSR count). The number of carbonyl (C=O) groups is 1. The van der Waals surface area contributed by atoms with Crippen LogP contribution in [0.25, 0.3) is 10.8 Å². The van der Waals surface area contributed by atoms with E-state index >= 15 is 0 Å². The second kappa shape index (κ2) is 5.28. The van der Waals surface area contributed by atoms with E-state index in [4.69, 9.17) is 10.00 Å². The molecule has 4 heteroatoms. The summed E-state index contributed by atoms with van der Waals surface area (Å²) >= 11 is 0. The Kier molecular flexibility index (Phi) is 3.54. The lowest BCUT2D eigenvalue weighted by Crippen LogP contribution is -2.15. The van der Waals surface area contributed by atoms with Crippen molar-refractivity contribution in [3.05, 3.63) is 42.2 Å². The van der Waals surface area contributed by atoms with Gasteiger partial charge in [-0.1, -0.05) is 24.3 Å². The Morgan fingerprint density at radius 2 is 2.22 bits per heavy atom. The SMILES string of the molecule is CCOC(=O)[C@@H](C#N)c1cncc2ccccc12. The van der Waals surface area contributed by atoms with Crippen LogP contribution in [0.15, 0.2) is 36.7 Å². The number of nitrogens with zero attached hydrogens (tertiary/aromatic N) is 2. The summed E-state index contributed by atoms with van der Waals surface area (Å²) in [5.41, 5.74) is 0.592. The zero-order valence-electron chi connectivity index (χ0n) is 9.96. The maximum atomic E-state index is 11.7. The number of fused-ring (bicyclic) bond motifs is 1. The zero-order valence-corrected chi connectivity index (χ0v) is 9.96. The number of rotatable bonds is 3. The lowest BCUT2D eigenvalue weighted by Gasteiger charge is -2.10. The monoisotopic (exact) mass is 240 g/mol. The third-order valence-corrected chi connectivity index (χ3v) is 2.66. The molecule has 0 unspecified atom stereocenters. The van der Waals surface area contributed by atoms with Gasteiger partial charge in [0.25, 0.3) is 0 Å². The van der Waals surface area contributed by atoms with E-state index in [0.717, 1.165) is 10.8 Å². The Labute approximate surface area is 105 Å². The Balaban J connectivity index is 2.52. The normalized spacial score (nSPS) is 11.8. The first-order valence-corrected chi connectivity index (χ1v) is 5.66. The zero-order chi connectivity index (χ0) is 13.0. The van der Waals surface area contributed by atoms with Gasteiger partial charge in [0.1, 0.15) is 0 Å². The number of hydrogen-bond acceptors (Lipinski definition) is 4. The minimum absolute atomic E-state index is 0.259. The second-order valence-electron chi connectivity index (χ2n) is 3.76. The Hall–Kier alpha value is -2.41. The molecule has 1 aromatic heterocycles. The molecular weight excluding hydrogens is 228 g/mol. The van der Waals surface area contributed by atoms with Crippen molar-refractivity contribution in [2.45, 2.75) is 12.8 Å². The van der Waals surface area contributed by atoms with Crippen LogP contribution in [0.4, 0.5) is 0 Å². The lowest BCUT2D eigenvalue weighted by atomic mass is 9.97. The highest BCUT2D eigenvalue weighted by molar-refractivity contribution is 5.91. The molecule has 0 fully saturated rings. The molecule has 0 amide bonds. The lowest BCUT2D eigenvalue weighted by molar-refractivity contribution is -0.143. The molecule has 1 aromatic carbocycles.